The van der Waals surface area contributed by atoms with Crippen molar-refractivity contribution in [2.45, 2.75) is 63.6 Å². The lowest BCUT2D eigenvalue weighted by atomic mass is 10.0. The summed E-state index contributed by atoms with van der Waals surface area (Å²) in [4.78, 5) is 31.4. The van der Waals surface area contributed by atoms with Crippen molar-refractivity contribution in [2.24, 2.45) is 4.99 Å². The number of aliphatic carboxylic acids is 1. The second kappa shape index (κ2) is 12.7. The van der Waals surface area contributed by atoms with Crippen LogP contribution >= 0.6 is 0 Å². The second-order valence-electron chi connectivity index (χ2n) is 10.4. The van der Waals surface area contributed by atoms with Crippen LogP contribution in [0.15, 0.2) is 46.3 Å². The predicted molar refractivity (Wildman–Crippen MR) is 154 cm³/mol. The van der Waals surface area contributed by atoms with Gasteiger partial charge in [-0.05, 0) is 69.4 Å². The summed E-state index contributed by atoms with van der Waals surface area (Å²) in [7, 11) is -4.11. The quantitative estimate of drug-likeness (QED) is 0.287. The molecule has 0 spiro atoms. The van der Waals surface area contributed by atoms with E-state index in [1.807, 2.05) is 13.0 Å². The molecule has 2 aromatic carbocycles. The van der Waals surface area contributed by atoms with Gasteiger partial charge in [0, 0.05) is 43.5 Å². The minimum Gasteiger partial charge on any atom is -0.481 e. The average Bonchev–Trinajstić information content (AvgIpc) is 2.88. The standard InChI is InChI=1S/C28H38N6O5S/c1-18-14-19(2)26(20(3)15-18)40(38,39)33-24(17-25(35)36)32-27(37)21-6-4-7-23(16-21)34-12-8-22(9-13-34)31-28-29-10-5-11-30-28/h4,6-7,14-16,22,24,33H,5,8-13,17H2,1-3H3,(H,32,37)(H,35,36)(H2,29,30,31). The molecule has 1 saturated heterocycles. The van der Waals surface area contributed by atoms with Gasteiger partial charge in [-0.1, -0.05) is 23.8 Å². The Hall–Kier alpha value is -3.64. The minimum atomic E-state index is -4.11. The Balaban J connectivity index is 1.42. The van der Waals surface area contributed by atoms with E-state index >= 15 is 0 Å². The van der Waals surface area contributed by atoms with Crippen LogP contribution in [0.4, 0.5) is 5.69 Å². The fraction of sp³-hybridized carbons (Fsp3) is 0.464. The number of aliphatic imine (C=N–C) groups is 1. The van der Waals surface area contributed by atoms with Crippen molar-refractivity contribution in [1.82, 2.24) is 20.7 Å². The third kappa shape index (κ3) is 7.51. The monoisotopic (exact) mass is 570 g/mol. The number of carboxylic acids is 1. The molecular weight excluding hydrogens is 532 g/mol. The third-order valence-electron chi connectivity index (χ3n) is 7.06. The molecule has 1 fully saturated rings. The zero-order valence-corrected chi connectivity index (χ0v) is 24.0. The minimum absolute atomic E-state index is 0.0777. The number of benzene rings is 2. The van der Waals surface area contributed by atoms with Gasteiger partial charge in [0.15, 0.2) is 5.96 Å². The summed E-state index contributed by atoms with van der Waals surface area (Å²) >= 11 is 0. The molecular formula is C28H38N6O5S. The molecule has 1 unspecified atom stereocenters. The maximum atomic E-state index is 13.2. The van der Waals surface area contributed by atoms with E-state index < -0.39 is 34.5 Å². The highest BCUT2D eigenvalue weighted by atomic mass is 32.2. The van der Waals surface area contributed by atoms with E-state index in [0.717, 1.165) is 62.7 Å². The van der Waals surface area contributed by atoms with Gasteiger partial charge in [0.1, 0.15) is 6.17 Å². The molecule has 1 amide bonds. The molecule has 0 aliphatic carbocycles. The highest BCUT2D eigenvalue weighted by Gasteiger charge is 2.27. The molecule has 0 bridgehead atoms. The van der Waals surface area contributed by atoms with E-state index in [1.165, 1.54) is 0 Å². The number of sulfonamides is 1. The Morgan fingerprint density at radius 1 is 1.12 bits per heavy atom. The molecule has 4 rings (SSSR count). The smallest absolute Gasteiger partial charge is 0.306 e. The first-order chi connectivity index (χ1) is 19.0. The molecule has 1 atom stereocenters. The molecule has 2 aromatic rings. The Morgan fingerprint density at radius 2 is 1.82 bits per heavy atom. The summed E-state index contributed by atoms with van der Waals surface area (Å²) in [5, 5.41) is 18.7. The van der Waals surface area contributed by atoms with Gasteiger partial charge >= 0.3 is 5.97 Å². The Morgan fingerprint density at radius 3 is 2.45 bits per heavy atom. The fourth-order valence-corrected chi connectivity index (χ4v) is 6.92. The summed E-state index contributed by atoms with van der Waals surface area (Å²) < 4.78 is 28.8. The summed E-state index contributed by atoms with van der Waals surface area (Å²) in [5.74, 6) is -0.946. The molecule has 5 N–H and O–H groups in total. The SMILES string of the molecule is Cc1cc(C)c(S(=O)(=O)NC(CC(=O)O)NC(=O)c2cccc(N3CCC(NC4=NCCCN4)CC3)c2)c(C)c1. The number of anilines is 1. The summed E-state index contributed by atoms with van der Waals surface area (Å²) in [6.45, 7) is 8.60. The van der Waals surface area contributed by atoms with Gasteiger partial charge in [-0.2, -0.15) is 4.72 Å². The Kier molecular flexibility index (Phi) is 9.31. The molecule has 2 aliphatic heterocycles. The number of nitrogens with one attached hydrogen (secondary N) is 4. The van der Waals surface area contributed by atoms with Gasteiger partial charge in [0.05, 0.1) is 11.3 Å². The lowest BCUT2D eigenvalue weighted by molar-refractivity contribution is -0.137. The number of hydrogen-bond acceptors (Lipinski definition) is 8. The number of hydrogen-bond donors (Lipinski definition) is 5. The molecule has 11 nitrogen and oxygen atoms in total. The van der Waals surface area contributed by atoms with Crippen LogP contribution in [0.3, 0.4) is 0 Å². The van der Waals surface area contributed by atoms with Crippen LogP contribution in [-0.2, 0) is 14.8 Å². The normalized spacial score (nSPS) is 17.0. The van der Waals surface area contributed by atoms with E-state index in [0.29, 0.717) is 22.7 Å². The van der Waals surface area contributed by atoms with Crippen LogP contribution in [0.25, 0.3) is 0 Å². The van der Waals surface area contributed by atoms with Gasteiger partial charge in [0.2, 0.25) is 10.0 Å². The van der Waals surface area contributed by atoms with Crippen LogP contribution in [0.2, 0.25) is 0 Å². The molecule has 12 heteroatoms. The van der Waals surface area contributed by atoms with E-state index in [2.05, 4.69) is 30.6 Å². The van der Waals surface area contributed by atoms with Crippen LogP contribution < -0.4 is 25.6 Å². The van der Waals surface area contributed by atoms with Gasteiger partial charge in [-0.3, -0.25) is 14.6 Å². The number of nitrogens with zero attached hydrogens (tertiary/aromatic N) is 2. The molecule has 40 heavy (non-hydrogen) atoms. The van der Waals surface area contributed by atoms with Crippen molar-refractivity contribution >= 4 is 33.5 Å². The maximum absolute atomic E-state index is 13.2. The van der Waals surface area contributed by atoms with Crippen molar-refractivity contribution in [3.8, 4) is 0 Å². The molecule has 0 aromatic heterocycles. The van der Waals surface area contributed by atoms with E-state index in [-0.39, 0.29) is 4.90 Å². The molecule has 0 radical (unpaired) electrons. The first-order valence-electron chi connectivity index (χ1n) is 13.5. The van der Waals surface area contributed by atoms with Crippen LogP contribution in [-0.4, -0.2) is 69.7 Å². The molecule has 2 aliphatic rings. The Bertz CT molecular complexity index is 1360. The number of amides is 1. The van der Waals surface area contributed by atoms with Crippen LogP contribution in [0, 0.1) is 20.8 Å². The summed E-state index contributed by atoms with van der Waals surface area (Å²) in [6, 6.07) is 10.9. The zero-order valence-electron chi connectivity index (χ0n) is 23.2. The highest BCUT2D eigenvalue weighted by molar-refractivity contribution is 7.89. The number of carbonyl (C=O) groups excluding carboxylic acids is 1. The largest absolute Gasteiger partial charge is 0.481 e. The number of aryl methyl sites for hydroxylation is 3. The van der Waals surface area contributed by atoms with Crippen molar-refractivity contribution in [3.63, 3.8) is 0 Å². The van der Waals surface area contributed by atoms with Crippen molar-refractivity contribution in [3.05, 3.63) is 58.7 Å². The molecule has 0 saturated carbocycles. The number of guanidine groups is 1. The van der Waals surface area contributed by atoms with Crippen LogP contribution in [0.1, 0.15) is 52.7 Å². The van der Waals surface area contributed by atoms with Gasteiger partial charge in [-0.15, -0.1) is 0 Å². The van der Waals surface area contributed by atoms with E-state index in [1.54, 1.807) is 44.2 Å². The lowest BCUT2D eigenvalue weighted by Gasteiger charge is -2.35. The fourth-order valence-electron chi connectivity index (χ4n) is 5.32. The van der Waals surface area contributed by atoms with Crippen molar-refractivity contribution < 1.29 is 23.1 Å². The van der Waals surface area contributed by atoms with Crippen molar-refractivity contribution in [1.29, 1.82) is 0 Å². The topological polar surface area (TPSA) is 152 Å². The van der Waals surface area contributed by atoms with Gasteiger partial charge in [0.25, 0.3) is 5.91 Å². The highest BCUT2D eigenvalue weighted by Crippen LogP contribution is 2.23. The average molecular weight is 571 g/mol. The Labute approximate surface area is 235 Å². The number of rotatable bonds is 9. The van der Waals surface area contributed by atoms with Crippen molar-refractivity contribution in [2.75, 3.05) is 31.1 Å². The second-order valence-corrected chi connectivity index (χ2v) is 12.1. The number of piperidine rings is 1. The number of carboxylic acid groups (broad SMARTS) is 1. The maximum Gasteiger partial charge on any atom is 0.306 e. The summed E-state index contributed by atoms with van der Waals surface area (Å²) in [5.41, 5.74) is 3.19. The lowest BCUT2D eigenvalue weighted by Crippen LogP contribution is -2.50. The first-order valence-corrected chi connectivity index (χ1v) is 15.0. The molecule has 216 valence electrons. The summed E-state index contributed by atoms with van der Waals surface area (Å²) in [6.07, 6.45) is 0.920. The van der Waals surface area contributed by atoms with Gasteiger partial charge in [-0.25, -0.2) is 8.42 Å². The first kappa shape index (κ1) is 29.3. The third-order valence-corrected chi connectivity index (χ3v) is 8.84. The zero-order chi connectivity index (χ0) is 28.9. The molecule has 2 heterocycles. The van der Waals surface area contributed by atoms with Crippen LogP contribution in [0.5, 0.6) is 0 Å². The van der Waals surface area contributed by atoms with E-state index in [9.17, 15) is 23.1 Å². The van der Waals surface area contributed by atoms with Gasteiger partial charge < -0.3 is 26.0 Å². The number of carbonyl (C=O) groups is 2. The predicted octanol–water partition coefficient (Wildman–Crippen LogP) is 2.03. The van der Waals surface area contributed by atoms with E-state index in [4.69, 9.17) is 0 Å².